The molecule has 2 aromatic carbocycles. The Morgan fingerprint density at radius 1 is 0.857 bits per heavy atom. The number of benzene rings is 2. The lowest BCUT2D eigenvalue weighted by Gasteiger charge is -2.17. The number of hydrogen-bond donors (Lipinski definition) is 0. The highest BCUT2D eigenvalue weighted by molar-refractivity contribution is 5.85. The fraction of sp³-hybridized carbons (Fsp3) is 0.250. The Balaban J connectivity index is 2.01. The number of pyridine rings is 1. The van der Waals surface area contributed by atoms with Crippen LogP contribution in [0.2, 0.25) is 0 Å². The van der Waals surface area contributed by atoms with E-state index in [1.165, 1.54) is 44.3 Å². The van der Waals surface area contributed by atoms with E-state index in [-0.39, 0.29) is 0 Å². The highest BCUT2D eigenvalue weighted by Crippen LogP contribution is 2.30. The molecule has 0 saturated heterocycles. The molecule has 0 unspecified atom stereocenters. The largest absolute Gasteiger partial charge is 0.213 e. The molecule has 104 valence electrons. The molecular formula is C20H20N+. The van der Waals surface area contributed by atoms with E-state index in [1.54, 1.807) is 0 Å². The van der Waals surface area contributed by atoms with Crippen LogP contribution in [0.1, 0.15) is 22.3 Å². The van der Waals surface area contributed by atoms with Gasteiger partial charge in [-0.1, -0.05) is 23.8 Å². The van der Waals surface area contributed by atoms with Crippen LogP contribution in [-0.4, -0.2) is 0 Å². The maximum Gasteiger partial charge on any atom is 0.213 e. The summed E-state index contributed by atoms with van der Waals surface area (Å²) in [4.78, 5) is 0. The first-order valence-corrected chi connectivity index (χ1v) is 7.66. The first kappa shape index (κ1) is 12.6. The van der Waals surface area contributed by atoms with Crippen LogP contribution in [-0.2, 0) is 13.0 Å². The summed E-state index contributed by atoms with van der Waals surface area (Å²) >= 11 is 0. The van der Waals surface area contributed by atoms with Gasteiger partial charge in [0.1, 0.15) is 0 Å². The van der Waals surface area contributed by atoms with Gasteiger partial charge in [0.05, 0.1) is 0 Å². The molecule has 1 nitrogen and oxygen atoms in total. The van der Waals surface area contributed by atoms with Gasteiger partial charge in [-0.25, -0.2) is 0 Å². The number of fused-ring (bicyclic) bond motifs is 4. The van der Waals surface area contributed by atoms with Gasteiger partial charge in [0.25, 0.3) is 0 Å². The molecule has 0 spiro atoms. The van der Waals surface area contributed by atoms with Crippen molar-refractivity contribution in [3.05, 3.63) is 64.8 Å². The summed E-state index contributed by atoms with van der Waals surface area (Å²) in [7, 11) is 0. The molecule has 1 aromatic heterocycles. The van der Waals surface area contributed by atoms with Gasteiger partial charge >= 0.3 is 0 Å². The van der Waals surface area contributed by atoms with Crippen LogP contribution in [0.25, 0.3) is 22.0 Å². The van der Waals surface area contributed by atoms with Crippen molar-refractivity contribution in [1.29, 1.82) is 0 Å². The molecule has 2 heterocycles. The fourth-order valence-electron chi connectivity index (χ4n) is 3.38. The Bertz CT molecular complexity index is 875. The average molecular weight is 274 g/mol. The van der Waals surface area contributed by atoms with E-state index in [4.69, 9.17) is 0 Å². The van der Waals surface area contributed by atoms with Gasteiger partial charge in [0.2, 0.25) is 5.69 Å². The van der Waals surface area contributed by atoms with Crippen LogP contribution in [0, 0.1) is 20.8 Å². The van der Waals surface area contributed by atoms with Crippen molar-refractivity contribution in [2.24, 2.45) is 0 Å². The van der Waals surface area contributed by atoms with Gasteiger partial charge in [0, 0.05) is 23.4 Å². The molecular weight excluding hydrogens is 254 g/mol. The molecule has 0 radical (unpaired) electrons. The van der Waals surface area contributed by atoms with E-state index in [1.807, 2.05) is 0 Å². The quantitative estimate of drug-likeness (QED) is 0.539. The summed E-state index contributed by atoms with van der Waals surface area (Å²) in [6, 6.07) is 13.8. The van der Waals surface area contributed by atoms with Crippen LogP contribution in [0.5, 0.6) is 0 Å². The maximum absolute atomic E-state index is 2.42. The summed E-state index contributed by atoms with van der Waals surface area (Å²) in [6.45, 7) is 7.65. The number of nitrogens with zero attached hydrogens (tertiary/aromatic N) is 1. The molecule has 1 heteroatoms. The van der Waals surface area contributed by atoms with Crippen LogP contribution >= 0.6 is 0 Å². The number of hydrogen-bond acceptors (Lipinski definition) is 0. The molecule has 0 bridgehead atoms. The summed E-state index contributed by atoms with van der Waals surface area (Å²) in [5, 5.41) is 2.67. The van der Waals surface area contributed by atoms with Crippen molar-refractivity contribution in [2.75, 3.05) is 0 Å². The van der Waals surface area contributed by atoms with E-state index in [0.717, 1.165) is 13.0 Å². The average Bonchev–Trinajstić information content (AvgIpc) is 2.47. The Kier molecular flexibility index (Phi) is 2.65. The van der Waals surface area contributed by atoms with E-state index in [0.29, 0.717) is 0 Å². The van der Waals surface area contributed by atoms with Gasteiger partial charge < -0.3 is 0 Å². The molecule has 0 atom stereocenters. The topological polar surface area (TPSA) is 3.88 Å². The Hall–Kier alpha value is -2.15. The van der Waals surface area contributed by atoms with Gasteiger partial charge in [-0.2, -0.15) is 4.57 Å². The first-order chi connectivity index (χ1) is 10.1. The van der Waals surface area contributed by atoms with Crippen molar-refractivity contribution in [3.8, 4) is 11.3 Å². The Morgan fingerprint density at radius 2 is 1.67 bits per heavy atom. The highest BCUT2D eigenvalue weighted by Gasteiger charge is 2.23. The number of aromatic nitrogens is 1. The minimum Gasteiger partial charge on any atom is -0.197 e. The summed E-state index contributed by atoms with van der Waals surface area (Å²) in [5.41, 5.74) is 8.36. The highest BCUT2D eigenvalue weighted by atomic mass is 15.0. The summed E-state index contributed by atoms with van der Waals surface area (Å²) < 4.78 is 2.42. The second-order valence-corrected chi connectivity index (χ2v) is 6.33. The third-order valence-electron chi connectivity index (χ3n) is 4.76. The third-order valence-corrected chi connectivity index (χ3v) is 4.76. The van der Waals surface area contributed by atoms with E-state index >= 15 is 0 Å². The van der Waals surface area contributed by atoms with Crippen LogP contribution < -0.4 is 4.57 Å². The SMILES string of the molecule is Cc1ccc2cc3[n+](cc2c1)CCc1cc(C)c(C)cc1-3. The summed E-state index contributed by atoms with van der Waals surface area (Å²) in [6.07, 6.45) is 3.45. The van der Waals surface area contributed by atoms with Crippen LogP contribution in [0.4, 0.5) is 0 Å². The molecule has 3 aromatic rings. The van der Waals surface area contributed by atoms with Gasteiger partial charge in [-0.05, 0) is 55.0 Å². The maximum atomic E-state index is 2.42. The predicted molar refractivity (Wildman–Crippen MR) is 87.5 cm³/mol. The molecule has 1 aliphatic heterocycles. The zero-order valence-electron chi connectivity index (χ0n) is 12.9. The van der Waals surface area contributed by atoms with E-state index < -0.39 is 0 Å². The third kappa shape index (κ3) is 1.96. The molecule has 0 amide bonds. The van der Waals surface area contributed by atoms with Crippen LogP contribution in [0.3, 0.4) is 0 Å². The smallest absolute Gasteiger partial charge is 0.197 e. The second kappa shape index (κ2) is 4.42. The standard InChI is InChI=1S/C20H20N/c1-13-4-5-16-11-20-19-10-15(3)14(2)9-17(19)6-7-21(20)12-18(16)8-13/h4-5,8-12H,6-7H2,1-3H3/q+1. The molecule has 0 fully saturated rings. The lowest BCUT2D eigenvalue weighted by Crippen LogP contribution is -2.40. The normalized spacial score (nSPS) is 13.1. The van der Waals surface area contributed by atoms with Crippen molar-refractivity contribution in [1.82, 2.24) is 0 Å². The number of rotatable bonds is 0. The first-order valence-electron chi connectivity index (χ1n) is 7.66. The second-order valence-electron chi connectivity index (χ2n) is 6.33. The van der Waals surface area contributed by atoms with Crippen LogP contribution in [0.15, 0.2) is 42.6 Å². The minimum atomic E-state index is 1.08. The molecule has 0 aliphatic carbocycles. The van der Waals surface area contributed by atoms with Crippen molar-refractivity contribution in [2.45, 2.75) is 33.7 Å². The van der Waals surface area contributed by atoms with E-state index in [2.05, 4.69) is 67.9 Å². The van der Waals surface area contributed by atoms with Crippen molar-refractivity contribution >= 4 is 10.8 Å². The predicted octanol–water partition coefficient (Wildman–Crippen LogP) is 4.28. The molecule has 0 N–H and O–H groups in total. The van der Waals surface area contributed by atoms with E-state index in [9.17, 15) is 0 Å². The molecule has 4 rings (SSSR count). The molecule has 21 heavy (non-hydrogen) atoms. The lowest BCUT2D eigenvalue weighted by atomic mass is 9.92. The zero-order chi connectivity index (χ0) is 14.6. The van der Waals surface area contributed by atoms with Gasteiger partial charge in [-0.3, -0.25) is 0 Å². The Morgan fingerprint density at radius 3 is 2.52 bits per heavy atom. The zero-order valence-corrected chi connectivity index (χ0v) is 12.9. The fourth-order valence-corrected chi connectivity index (χ4v) is 3.38. The van der Waals surface area contributed by atoms with Gasteiger partial charge in [-0.15, -0.1) is 0 Å². The molecule has 1 aliphatic rings. The number of aryl methyl sites for hydroxylation is 5. The Labute approximate surface area is 125 Å². The van der Waals surface area contributed by atoms with Crippen molar-refractivity contribution in [3.63, 3.8) is 0 Å². The molecule has 0 saturated carbocycles. The van der Waals surface area contributed by atoms with Gasteiger partial charge in [0.15, 0.2) is 12.7 Å². The lowest BCUT2D eigenvalue weighted by molar-refractivity contribution is -0.686. The summed E-state index contributed by atoms with van der Waals surface area (Å²) in [5.74, 6) is 0. The van der Waals surface area contributed by atoms with Crippen molar-refractivity contribution < 1.29 is 4.57 Å². The minimum absolute atomic E-state index is 1.08. The monoisotopic (exact) mass is 274 g/mol.